The highest BCUT2D eigenvalue weighted by Gasteiger charge is 2.16. The average Bonchev–Trinajstić information content (AvgIpc) is 3.01. The molecule has 3 aromatic rings. The topological polar surface area (TPSA) is 65.2 Å². The fourth-order valence-corrected chi connectivity index (χ4v) is 2.83. The molecule has 118 valence electrons. The second-order valence-electron chi connectivity index (χ2n) is 5.49. The molecule has 0 amide bonds. The van der Waals surface area contributed by atoms with Crippen LogP contribution in [0.25, 0.3) is 11.2 Å². The van der Waals surface area contributed by atoms with E-state index in [4.69, 9.17) is 4.74 Å². The third kappa shape index (κ3) is 2.59. The molecule has 0 bridgehead atoms. The van der Waals surface area contributed by atoms with Crippen LogP contribution < -0.4 is 10.6 Å². The standard InChI is InChI=1S/C16H17N5O2/c22-16-14-15(18-12-21(16)20-6-8-23-9-7-20)17-11-19(14)10-13-4-2-1-3-5-13/h1-5,11-12H,6-10H2. The van der Waals surface area contributed by atoms with Crippen molar-refractivity contribution in [2.24, 2.45) is 0 Å². The Morgan fingerprint density at radius 3 is 2.57 bits per heavy atom. The van der Waals surface area contributed by atoms with Crippen LogP contribution in [-0.4, -0.2) is 45.5 Å². The van der Waals surface area contributed by atoms with Crippen molar-refractivity contribution in [1.29, 1.82) is 0 Å². The second kappa shape index (κ2) is 5.85. The summed E-state index contributed by atoms with van der Waals surface area (Å²) < 4.78 is 8.78. The van der Waals surface area contributed by atoms with Crippen LogP contribution in [0.5, 0.6) is 0 Å². The maximum Gasteiger partial charge on any atom is 0.298 e. The lowest BCUT2D eigenvalue weighted by Gasteiger charge is -2.29. The van der Waals surface area contributed by atoms with E-state index < -0.39 is 0 Å². The van der Waals surface area contributed by atoms with E-state index >= 15 is 0 Å². The van der Waals surface area contributed by atoms with E-state index in [1.807, 2.05) is 39.9 Å². The van der Waals surface area contributed by atoms with Gasteiger partial charge in [0.25, 0.3) is 5.56 Å². The summed E-state index contributed by atoms with van der Waals surface area (Å²) in [4.78, 5) is 21.5. The molecule has 3 heterocycles. The van der Waals surface area contributed by atoms with Gasteiger partial charge in [-0.2, -0.15) is 0 Å². The summed E-state index contributed by atoms with van der Waals surface area (Å²) in [6, 6.07) is 10.0. The summed E-state index contributed by atoms with van der Waals surface area (Å²) in [6.07, 6.45) is 3.23. The summed E-state index contributed by atoms with van der Waals surface area (Å²) in [5, 5.41) is 1.96. The van der Waals surface area contributed by atoms with Crippen molar-refractivity contribution in [1.82, 2.24) is 19.2 Å². The van der Waals surface area contributed by atoms with Gasteiger partial charge in [-0.3, -0.25) is 4.79 Å². The van der Waals surface area contributed by atoms with E-state index in [1.54, 1.807) is 17.3 Å². The zero-order valence-corrected chi connectivity index (χ0v) is 12.6. The van der Waals surface area contributed by atoms with Gasteiger partial charge in [0.1, 0.15) is 6.33 Å². The van der Waals surface area contributed by atoms with Crippen molar-refractivity contribution < 1.29 is 4.74 Å². The monoisotopic (exact) mass is 311 g/mol. The van der Waals surface area contributed by atoms with E-state index in [9.17, 15) is 4.79 Å². The summed E-state index contributed by atoms with van der Waals surface area (Å²) in [7, 11) is 0. The maximum atomic E-state index is 12.9. The molecule has 7 nitrogen and oxygen atoms in total. The molecule has 1 aliphatic heterocycles. The van der Waals surface area contributed by atoms with Crippen LogP contribution in [-0.2, 0) is 11.3 Å². The van der Waals surface area contributed by atoms with Crippen LogP contribution in [0, 0.1) is 0 Å². The SMILES string of the molecule is O=c1c2c(ncn1N1CCOCC1)ncn2Cc1ccccc1. The molecule has 0 spiro atoms. The van der Waals surface area contributed by atoms with Crippen LogP contribution in [0.1, 0.15) is 5.56 Å². The number of nitrogens with zero attached hydrogens (tertiary/aromatic N) is 5. The van der Waals surface area contributed by atoms with Gasteiger partial charge in [0.05, 0.1) is 32.6 Å². The second-order valence-corrected chi connectivity index (χ2v) is 5.49. The minimum absolute atomic E-state index is 0.0923. The minimum atomic E-state index is -0.0923. The number of rotatable bonds is 3. The lowest BCUT2D eigenvalue weighted by Crippen LogP contribution is -2.49. The first-order valence-corrected chi connectivity index (χ1v) is 7.62. The van der Waals surface area contributed by atoms with E-state index in [0.29, 0.717) is 44.0 Å². The van der Waals surface area contributed by atoms with Crippen LogP contribution >= 0.6 is 0 Å². The van der Waals surface area contributed by atoms with E-state index in [0.717, 1.165) is 5.56 Å². The largest absolute Gasteiger partial charge is 0.378 e. The third-order valence-electron chi connectivity index (χ3n) is 4.01. The average molecular weight is 311 g/mol. The Balaban J connectivity index is 1.76. The lowest BCUT2D eigenvalue weighted by molar-refractivity contribution is 0.110. The van der Waals surface area contributed by atoms with Gasteiger partial charge >= 0.3 is 0 Å². The van der Waals surface area contributed by atoms with Gasteiger partial charge in [0.2, 0.25) is 0 Å². The molecular weight excluding hydrogens is 294 g/mol. The molecule has 0 radical (unpaired) electrons. The van der Waals surface area contributed by atoms with Crippen molar-refractivity contribution in [3.8, 4) is 0 Å². The molecule has 23 heavy (non-hydrogen) atoms. The predicted octanol–water partition coefficient (Wildman–Crippen LogP) is 0.609. The van der Waals surface area contributed by atoms with Gasteiger partial charge in [-0.1, -0.05) is 30.3 Å². The van der Waals surface area contributed by atoms with Gasteiger partial charge < -0.3 is 14.3 Å². The smallest absolute Gasteiger partial charge is 0.298 e. The predicted molar refractivity (Wildman–Crippen MR) is 86.1 cm³/mol. The minimum Gasteiger partial charge on any atom is -0.378 e. The molecule has 4 rings (SSSR count). The Morgan fingerprint density at radius 2 is 1.78 bits per heavy atom. The van der Waals surface area contributed by atoms with Gasteiger partial charge in [-0.25, -0.2) is 14.6 Å². The van der Waals surface area contributed by atoms with Crippen LogP contribution in [0.2, 0.25) is 0 Å². The van der Waals surface area contributed by atoms with Crippen molar-refractivity contribution in [2.75, 3.05) is 31.3 Å². The number of morpholine rings is 1. The normalized spacial score (nSPS) is 15.2. The summed E-state index contributed by atoms with van der Waals surface area (Å²) in [6.45, 7) is 3.20. The summed E-state index contributed by atoms with van der Waals surface area (Å²) in [5.41, 5.74) is 2.04. The molecule has 0 aliphatic carbocycles. The zero-order valence-electron chi connectivity index (χ0n) is 12.6. The summed E-state index contributed by atoms with van der Waals surface area (Å²) in [5.74, 6) is 0. The maximum absolute atomic E-state index is 12.9. The highest BCUT2D eigenvalue weighted by molar-refractivity contribution is 5.69. The van der Waals surface area contributed by atoms with Crippen LogP contribution in [0.15, 0.2) is 47.8 Å². The first-order valence-electron chi connectivity index (χ1n) is 7.62. The first-order chi connectivity index (χ1) is 11.3. The summed E-state index contributed by atoms with van der Waals surface area (Å²) >= 11 is 0. The third-order valence-corrected chi connectivity index (χ3v) is 4.01. The fraction of sp³-hybridized carbons (Fsp3) is 0.312. The number of aromatic nitrogens is 4. The van der Waals surface area contributed by atoms with Crippen LogP contribution in [0.3, 0.4) is 0 Å². The molecule has 1 aromatic carbocycles. The number of benzene rings is 1. The molecule has 0 unspecified atom stereocenters. The molecule has 2 aromatic heterocycles. The Bertz CT molecular complexity index is 865. The van der Waals surface area contributed by atoms with E-state index in [2.05, 4.69) is 9.97 Å². The number of imidazole rings is 1. The van der Waals surface area contributed by atoms with Crippen molar-refractivity contribution in [3.05, 3.63) is 58.9 Å². The highest BCUT2D eigenvalue weighted by atomic mass is 16.5. The quantitative estimate of drug-likeness (QED) is 0.709. The van der Waals surface area contributed by atoms with Gasteiger partial charge in [-0.05, 0) is 5.56 Å². The molecule has 0 saturated carbocycles. The fourth-order valence-electron chi connectivity index (χ4n) is 2.83. The molecule has 0 atom stereocenters. The Hall–Kier alpha value is -2.67. The Kier molecular flexibility index (Phi) is 3.55. The number of fused-ring (bicyclic) bond motifs is 1. The van der Waals surface area contributed by atoms with Crippen molar-refractivity contribution in [3.63, 3.8) is 0 Å². The van der Waals surface area contributed by atoms with Crippen molar-refractivity contribution in [2.45, 2.75) is 6.54 Å². The molecule has 7 heteroatoms. The molecule has 1 aliphatic rings. The molecular formula is C16H17N5O2. The number of hydrogen-bond donors (Lipinski definition) is 0. The molecule has 1 saturated heterocycles. The molecule has 0 N–H and O–H groups in total. The van der Waals surface area contributed by atoms with E-state index in [-0.39, 0.29) is 5.56 Å². The van der Waals surface area contributed by atoms with E-state index in [1.165, 1.54) is 0 Å². The highest BCUT2D eigenvalue weighted by Crippen LogP contribution is 2.09. The van der Waals surface area contributed by atoms with Gasteiger partial charge in [-0.15, -0.1) is 0 Å². The van der Waals surface area contributed by atoms with Crippen LogP contribution in [0.4, 0.5) is 0 Å². The Morgan fingerprint density at radius 1 is 1.04 bits per heavy atom. The zero-order chi connectivity index (χ0) is 15.6. The number of ether oxygens (including phenoxy) is 1. The molecule has 1 fully saturated rings. The van der Waals surface area contributed by atoms with Crippen molar-refractivity contribution >= 4 is 11.2 Å². The Labute approximate surface area is 132 Å². The van der Waals surface area contributed by atoms with Gasteiger partial charge in [0, 0.05) is 6.54 Å². The first kappa shape index (κ1) is 14.0. The lowest BCUT2D eigenvalue weighted by atomic mass is 10.2. The number of hydrogen-bond acceptors (Lipinski definition) is 5. The van der Waals surface area contributed by atoms with Gasteiger partial charge in [0.15, 0.2) is 11.2 Å².